The van der Waals surface area contributed by atoms with Crippen molar-refractivity contribution in [2.45, 2.75) is 67.0 Å². The highest BCUT2D eigenvalue weighted by atomic mass is 16.6. The molecular formula is C18H30N4O5. The van der Waals surface area contributed by atoms with Gasteiger partial charge in [0, 0.05) is 25.3 Å². The Labute approximate surface area is 159 Å². The number of rotatable bonds is 9. The maximum absolute atomic E-state index is 12.8. The average Bonchev–Trinajstić information content (AvgIpc) is 2.58. The molecule has 1 heterocycles. The van der Waals surface area contributed by atoms with E-state index in [1.165, 1.54) is 17.9 Å². The largest absolute Gasteiger partial charge is 0.393 e. The molecule has 0 fully saturated rings. The Kier molecular flexibility index (Phi) is 8.42. The summed E-state index contributed by atoms with van der Waals surface area (Å²) in [5.74, 6) is -0.338. The van der Waals surface area contributed by atoms with Gasteiger partial charge in [0.15, 0.2) is 0 Å². The topological polar surface area (TPSA) is 104 Å². The van der Waals surface area contributed by atoms with Crippen LogP contribution in [0.5, 0.6) is 0 Å². The van der Waals surface area contributed by atoms with E-state index in [1.54, 1.807) is 27.7 Å². The molecule has 0 saturated carbocycles. The van der Waals surface area contributed by atoms with Crippen LogP contribution in [-0.2, 0) is 27.6 Å². The minimum atomic E-state index is -0.520. The first-order valence-corrected chi connectivity index (χ1v) is 8.92. The summed E-state index contributed by atoms with van der Waals surface area (Å²) in [5, 5.41) is 6.74. The number of nitrogens with zero attached hydrogens (tertiary/aromatic N) is 3. The molecule has 0 aliphatic rings. The molecule has 0 aromatic carbocycles. The lowest BCUT2D eigenvalue weighted by Gasteiger charge is -2.18. The van der Waals surface area contributed by atoms with Crippen LogP contribution < -0.4 is 16.6 Å². The average molecular weight is 382 g/mol. The second kappa shape index (κ2) is 10.1. The molecule has 1 unspecified atom stereocenters. The third-order valence-electron chi connectivity index (χ3n) is 3.66. The Hall–Kier alpha value is -2.42. The number of hydrogen-bond donors (Lipinski definition) is 1. The highest BCUT2D eigenvalue weighted by Crippen LogP contribution is 1.99. The zero-order valence-electron chi connectivity index (χ0n) is 17.1. The van der Waals surface area contributed by atoms with E-state index in [9.17, 15) is 14.4 Å². The monoisotopic (exact) mass is 382 g/mol. The van der Waals surface area contributed by atoms with Gasteiger partial charge >= 0.3 is 5.69 Å². The first-order chi connectivity index (χ1) is 12.6. The van der Waals surface area contributed by atoms with Gasteiger partial charge in [-0.2, -0.15) is 0 Å². The Morgan fingerprint density at radius 2 is 1.85 bits per heavy atom. The molecule has 0 bridgehead atoms. The molecule has 1 atom stereocenters. The number of nitrogens with one attached hydrogen (secondary N) is 1. The summed E-state index contributed by atoms with van der Waals surface area (Å²) in [5.41, 5.74) is -0.429. The Morgan fingerprint density at radius 1 is 1.22 bits per heavy atom. The van der Waals surface area contributed by atoms with E-state index in [4.69, 9.17) is 9.57 Å². The molecule has 1 aromatic rings. The van der Waals surface area contributed by atoms with Crippen LogP contribution in [0, 0.1) is 5.92 Å². The molecule has 1 aromatic heterocycles. The molecule has 9 nitrogen and oxygen atoms in total. The van der Waals surface area contributed by atoms with E-state index in [0.717, 1.165) is 4.57 Å². The summed E-state index contributed by atoms with van der Waals surface area (Å²) in [6.07, 6.45) is 1.27. The van der Waals surface area contributed by atoms with Gasteiger partial charge in [-0.1, -0.05) is 19.0 Å². The van der Waals surface area contributed by atoms with Gasteiger partial charge in [0.1, 0.15) is 12.8 Å². The highest BCUT2D eigenvalue weighted by Gasteiger charge is 2.18. The normalized spacial score (nSPS) is 13.1. The first-order valence-electron chi connectivity index (χ1n) is 8.92. The standard InChI is InChI=1S/C18H30N4O5/c1-11(2)16(23)19-13(5)8-22-17(24)15(14(6)20-27-12(3)4)9-21(10-26-7)18(22)25/h9,11-13H,8,10H2,1-7H3,(H,19,23)/b20-14+. The van der Waals surface area contributed by atoms with Gasteiger partial charge in [0.05, 0.1) is 17.8 Å². The number of methoxy groups -OCH3 is 1. The molecule has 0 saturated heterocycles. The lowest BCUT2D eigenvalue weighted by Crippen LogP contribution is -2.47. The van der Waals surface area contributed by atoms with Crippen molar-refractivity contribution in [2.24, 2.45) is 11.1 Å². The molecule has 0 aliphatic carbocycles. The van der Waals surface area contributed by atoms with Crippen molar-refractivity contribution in [3.05, 3.63) is 32.6 Å². The van der Waals surface area contributed by atoms with Crippen LogP contribution in [0.4, 0.5) is 0 Å². The molecule has 0 radical (unpaired) electrons. The maximum atomic E-state index is 12.8. The number of carbonyl (C=O) groups is 1. The molecular weight excluding hydrogens is 352 g/mol. The van der Waals surface area contributed by atoms with E-state index in [2.05, 4.69) is 10.5 Å². The highest BCUT2D eigenvalue weighted by molar-refractivity contribution is 5.97. The van der Waals surface area contributed by atoms with Crippen molar-refractivity contribution in [1.29, 1.82) is 0 Å². The number of hydrogen-bond acceptors (Lipinski definition) is 6. The summed E-state index contributed by atoms with van der Waals surface area (Å²) < 4.78 is 7.40. The van der Waals surface area contributed by atoms with Crippen LogP contribution >= 0.6 is 0 Å². The lowest BCUT2D eigenvalue weighted by molar-refractivity contribution is -0.124. The third kappa shape index (κ3) is 6.35. The van der Waals surface area contributed by atoms with Crippen molar-refractivity contribution < 1.29 is 14.4 Å². The fourth-order valence-corrected chi connectivity index (χ4v) is 2.26. The summed E-state index contributed by atoms with van der Waals surface area (Å²) in [6, 6.07) is -0.402. The number of carbonyl (C=O) groups excluding carboxylic acids is 1. The SMILES string of the molecule is COCn1cc(/C(C)=N/OC(C)C)c(=O)n(CC(C)NC(=O)C(C)C)c1=O. The number of amides is 1. The van der Waals surface area contributed by atoms with E-state index in [0.29, 0.717) is 5.71 Å². The minimum Gasteiger partial charge on any atom is -0.393 e. The molecule has 1 amide bonds. The lowest BCUT2D eigenvalue weighted by atomic mass is 10.2. The van der Waals surface area contributed by atoms with E-state index < -0.39 is 17.3 Å². The van der Waals surface area contributed by atoms with Crippen LogP contribution in [0.25, 0.3) is 0 Å². The quantitative estimate of drug-likeness (QED) is 0.505. The predicted octanol–water partition coefficient (Wildman–Crippen LogP) is 0.924. The third-order valence-corrected chi connectivity index (χ3v) is 3.66. The fourth-order valence-electron chi connectivity index (χ4n) is 2.26. The minimum absolute atomic E-state index is 0.0167. The van der Waals surface area contributed by atoms with Gasteiger partial charge in [-0.3, -0.25) is 18.7 Å². The molecule has 1 rings (SSSR count). The van der Waals surface area contributed by atoms with Crippen molar-refractivity contribution in [2.75, 3.05) is 7.11 Å². The van der Waals surface area contributed by atoms with Crippen molar-refractivity contribution in [3.63, 3.8) is 0 Å². The Bertz CT molecular complexity index is 792. The van der Waals surface area contributed by atoms with E-state index in [1.807, 2.05) is 13.8 Å². The van der Waals surface area contributed by atoms with E-state index in [-0.39, 0.29) is 36.8 Å². The zero-order chi connectivity index (χ0) is 20.7. The molecule has 0 aliphatic heterocycles. The van der Waals surface area contributed by atoms with Crippen molar-refractivity contribution in [3.8, 4) is 0 Å². The van der Waals surface area contributed by atoms with Crippen molar-refractivity contribution in [1.82, 2.24) is 14.5 Å². The zero-order valence-corrected chi connectivity index (χ0v) is 17.1. The number of oxime groups is 1. The number of ether oxygens (including phenoxy) is 1. The van der Waals surface area contributed by atoms with Gasteiger partial charge in [-0.15, -0.1) is 0 Å². The second-order valence-corrected chi connectivity index (χ2v) is 7.02. The maximum Gasteiger partial charge on any atom is 0.332 e. The summed E-state index contributed by atoms with van der Waals surface area (Å²) in [6.45, 7) is 10.6. The van der Waals surface area contributed by atoms with Crippen molar-refractivity contribution >= 4 is 11.6 Å². The summed E-state index contributed by atoms with van der Waals surface area (Å²) >= 11 is 0. The van der Waals surface area contributed by atoms with Crippen LogP contribution in [0.15, 0.2) is 20.9 Å². The molecule has 0 spiro atoms. The molecule has 27 heavy (non-hydrogen) atoms. The van der Waals surface area contributed by atoms with Gasteiger partial charge < -0.3 is 14.9 Å². The van der Waals surface area contributed by atoms with Crippen LogP contribution in [0.1, 0.15) is 47.1 Å². The van der Waals surface area contributed by atoms with Gasteiger partial charge in [0.25, 0.3) is 5.56 Å². The van der Waals surface area contributed by atoms with E-state index >= 15 is 0 Å². The molecule has 9 heteroatoms. The van der Waals surface area contributed by atoms with Crippen LogP contribution in [0.3, 0.4) is 0 Å². The van der Waals surface area contributed by atoms with Crippen LogP contribution in [0.2, 0.25) is 0 Å². The number of aromatic nitrogens is 2. The Balaban J connectivity index is 3.33. The smallest absolute Gasteiger partial charge is 0.332 e. The van der Waals surface area contributed by atoms with Gasteiger partial charge in [-0.05, 0) is 27.7 Å². The fraction of sp³-hybridized carbons (Fsp3) is 0.667. The van der Waals surface area contributed by atoms with Crippen LogP contribution in [-0.4, -0.2) is 40.0 Å². The summed E-state index contributed by atoms with van der Waals surface area (Å²) in [7, 11) is 1.45. The second-order valence-electron chi connectivity index (χ2n) is 7.02. The molecule has 1 N–H and O–H groups in total. The first kappa shape index (κ1) is 22.6. The van der Waals surface area contributed by atoms with Gasteiger partial charge in [0.2, 0.25) is 5.91 Å². The van der Waals surface area contributed by atoms with Gasteiger partial charge in [-0.25, -0.2) is 4.79 Å². The molecule has 152 valence electrons. The predicted molar refractivity (Wildman–Crippen MR) is 103 cm³/mol. The summed E-state index contributed by atoms with van der Waals surface area (Å²) in [4.78, 5) is 42.6. The Morgan fingerprint density at radius 3 is 2.37 bits per heavy atom.